The first-order valence-corrected chi connectivity index (χ1v) is 7.04. The summed E-state index contributed by atoms with van der Waals surface area (Å²) < 4.78 is 0. The van der Waals surface area contributed by atoms with E-state index in [-0.39, 0.29) is 5.91 Å². The van der Waals surface area contributed by atoms with Crippen LogP contribution in [0.25, 0.3) is 0 Å². The van der Waals surface area contributed by atoms with Crippen LogP contribution in [0.5, 0.6) is 0 Å². The third-order valence-corrected chi connectivity index (χ3v) is 4.69. The Labute approximate surface area is 104 Å². The Morgan fingerprint density at radius 1 is 1.47 bits per heavy atom. The van der Waals surface area contributed by atoms with Gasteiger partial charge in [0.2, 0.25) is 5.91 Å². The second-order valence-electron chi connectivity index (χ2n) is 5.06. The molecule has 0 saturated heterocycles. The molecular formula is C12H15N3OS. The average Bonchev–Trinajstić information content (AvgIpc) is 2.96. The highest BCUT2D eigenvalue weighted by Gasteiger charge is 2.58. The summed E-state index contributed by atoms with van der Waals surface area (Å²) in [7, 11) is 0. The van der Waals surface area contributed by atoms with Crippen LogP contribution >= 0.6 is 11.8 Å². The summed E-state index contributed by atoms with van der Waals surface area (Å²) in [6.45, 7) is 0. The lowest BCUT2D eigenvalue weighted by atomic mass is 9.79. The minimum atomic E-state index is -0.549. The molecule has 1 heterocycles. The van der Waals surface area contributed by atoms with Crippen molar-refractivity contribution in [3.8, 4) is 0 Å². The molecule has 1 aromatic rings. The number of primary amides is 1. The van der Waals surface area contributed by atoms with Crippen molar-refractivity contribution < 1.29 is 4.79 Å². The van der Waals surface area contributed by atoms with Crippen LogP contribution in [-0.4, -0.2) is 22.1 Å². The summed E-state index contributed by atoms with van der Waals surface area (Å²) in [5, 5.41) is 0.851. The Morgan fingerprint density at radius 3 is 2.76 bits per heavy atom. The van der Waals surface area contributed by atoms with Gasteiger partial charge in [-0.25, -0.2) is 4.98 Å². The van der Waals surface area contributed by atoms with Crippen LogP contribution in [0.4, 0.5) is 0 Å². The molecule has 0 aromatic carbocycles. The molecule has 2 aliphatic rings. The van der Waals surface area contributed by atoms with E-state index in [0.717, 1.165) is 23.6 Å². The van der Waals surface area contributed by atoms with Crippen molar-refractivity contribution in [3.05, 3.63) is 18.1 Å². The second-order valence-corrected chi connectivity index (χ2v) is 5.88. The van der Waals surface area contributed by atoms with Gasteiger partial charge in [0.05, 0.1) is 17.3 Å². The highest BCUT2D eigenvalue weighted by Crippen LogP contribution is 2.60. The average molecular weight is 249 g/mol. The van der Waals surface area contributed by atoms with Gasteiger partial charge >= 0.3 is 0 Å². The summed E-state index contributed by atoms with van der Waals surface area (Å²) in [6.07, 6.45) is 8.36. The van der Waals surface area contributed by atoms with Crippen LogP contribution in [0, 0.1) is 11.8 Å². The maximum atomic E-state index is 11.8. The van der Waals surface area contributed by atoms with Crippen LogP contribution in [0.1, 0.15) is 25.0 Å². The van der Waals surface area contributed by atoms with E-state index in [1.807, 2.05) is 6.26 Å². The Kier molecular flexibility index (Phi) is 2.40. The monoisotopic (exact) mass is 249 g/mol. The van der Waals surface area contributed by atoms with Crippen molar-refractivity contribution in [2.45, 2.75) is 29.7 Å². The molecule has 2 saturated carbocycles. The van der Waals surface area contributed by atoms with Crippen LogP contribution in [0.3, 0.4) is 0 Å². The number of carbonyl (C=O) groups excluding carboxylic acids is 1. The number of nitrogens with two attached hydrogens (primary N) is 1. The highest BCUT2D eigenvalue weighted by molar-refractivity contribution is 7.98. The predicted molar refractivity (Wildman–Crippen MR) is 65.5 cm³/mol. The van der Waals surface area contributed by atoms with E-state index >= 15 is 0 Å². The molecule has 0 bridgehead atoms. The lowest BCUT2D eigenvalue weighted by molar-refractivity contribution is -0.123. The van der Waals surface area contributed by atoms with E-state index in [4.69, 9.17) is 5.73 Å². The minimum Gasteiger partial charge on any atom is -0.369 e. The van der Waals surface area contributed by atoms with Crippen LogP contribution in [0.15, 0.2) is 17.4 Å². The van der Waals surface area contributed by atoms with E-state index in [1.54, 1.807) is 12.4 Å². The molecular weight excluding hydrogens is 234 g/mol. The number of amides is 1. The van der Waals surface area contributed by atoms with Crippen LogP contribution in [0.2, 0.25) is 0 Å². The molecule has 2 fully saturated rings. The lowest BCUT2D eigenvalue weighted by Crippen LogP contribution is -2.41. The van der Waals surface area contributed by atoms with Gasteiger partial charge in [0, 0.05) is 6.20 Å². The molecule has 17 heavy (non-hydrogen) atoms. The quantitative estimate of drug-likeness (QED) is 0.821. The van der Waals surface area contributed by atoms with E-state index in [2.05, 4.69) is 9.97 Å². The first-order valence-electron chi connectivity index (χ1n) is 5.82. The Balaban J connectivity index is 2.01. The van der Waals surface area contributed by atoms with Crippen molar-refractivity contribution in [1.82, 2.24) is 9.97 Å². The third kappa shape index (κ3) is 1.64. The number of hydrogen-bond acceptors (Lipinski definition) is 4. The molecule has 0 aliphatic heterocycles. The lowest BCUT2D eigenvalue weighted by Gasteiger charge is -2.26. The molecule has 5 heteroatoms. The maximum absolute atomic E-state index is 11.8. The Bertz CT molecular complexity index is 467. The number of nitrogens with zero attached hydrogens (tertiary/aromatic N) is 2. The van der Waals surface area contributed by atoms with E-state index < -0.39 is 5.41 Å². The second kappa shape index (κ2) is 3.70. The maximum Gasteiger partial charge on any atom is 0.229 e. The van der Waals surface area contributed by atoms with Crippen molar-refractivity contribution in [2.24, 2.45) is 17.6 Å². The summed E-state index contributed by atoms with van der Waals surface area (Å²) in [4.78, 5) is 20.5. The zero-order chi connectivity index (χ0) is 12.0. The Morgan fingerprint density at radius 2 is 2.18 bits per heavy atom. The van der Waals surface area contributed by atoms with Gasteiger partial charge in [-0.1, -0.05) is 0 Å². The van der Waals surface area contributed by atoms with Gasteiger partial charge in [-0.15, -0.1) is 11.8 Å². The zero-order valence-electron chi connectivity index (χ0n) is 9.72. The van der Waals surface area contributed by atoms with Gasteiger partial charge in [0.1, 0.15) is 5.03 Å². The molecule has 1 aromatic heterocycles. The largest absolute Gasteiger partial charge is 0.369 e. The number of thioether (sulfide) groups is 1. The van der Waals surface area contributed by atoms with Crippen LogP contribution in [-0.2, 0) is 10.2 Å². The van der Waals surface area contributed by atoms with Crippen LogP contribution < -0.4 is 5.73 Å². The van der Waals surface area contributed by atoms with Gasteiger partial charge in [-0.3, -0.25) is 9.78 Å². The zero-order valence-corrected chi connectivity index (χ0v) is 10.5. The molecule has 2 unspecified atom stereocenters. The first-order chi connectivity index (χ1) is 8.15. The number of aromatic nitrogens is 2. The predicted octanol–water partition coefficient (Wildman–Crippen LogP) is 1.35. The SMILES string of the molecule is CSc1cncc(C2(C(N)=O)CC3CC3C2)n1. The molecule has 2 atom stereocenters. The topological polar surface area (TPSA) is 68.9 Å². The molecule has 0 radical (unpaired) electrons. The molecule has 90 valence electrons. The van der Waals surface area contributed by atoms with Gasteiger partial charge in [0.25, 0.3) is 0 Å². The first kappa shape index (κ1) is 11.0. The van der Waals surface area contributed by atoms with Crippen molar-refractivity contribution >= 4 is 17.7 Å². The molecule has 3 rings (SSSR count). The molecule has 0 spiro atoms. The van der Waals surface area contributed by atoms with E-state index in [1.165, 1.54) is 18.2 Å². The summed E-state index contributed by atoms with van der Waals surface area (Å²) >= 11 is 1.54. The third-order valence-electron chi connectivity index (χ3n) is 4.07. The molecule has 2 aliphatic carbocycles. The molecule has 1 amide bonds. The number of hydrogen-bond donors (Lipinski definition) is 1. The summed E-state index contributed by atoms with van der Waals surface area (Å²) in [5.41, 5.74) is 5.84. The fourth-order valence-electron chi connectivity index (χ4n) is 3.00. The van der Waals surface area contributed by atoms with Crippen molar-refractivity contribution in [3.63, 3.8) is 0 Å². The standard InChI is InChI=1S/C12H15N3OS/c1-17-10-6-14-5-9(15-10)12(11(13)16)3-7-2-8(7)4-12/h5-8H,2-4H2,1H3,(H2,13,16). The summed E-state index contributed by atoms with van der Waals surface area (Å²) in [6, 6.07) is 0. The fraction of sp³-hybridized carbons (Fsp3) is 0.583. The van der Waals surface area contributed by atoms with Gasteiger partial charge < -0.3 is 5.73 Å². The van der Waals surface area contributed by atoms with Crippen molar-refractivity contribution in [1.29, 1.82) is 0 Å². The van der Waals surface area contributed by atoms with Crippen molar-refractivity contribution in [2.75, 3.05) is 6.26 Å². The number of carbonyl (C=O) groups is 1. The minimum absolute atomic E-state index is 0.239. The van der Waals surface area contributed by atoms with Gasteiger partial charge in [-0.2, -0.15) is 0 Å². The number of rotatable bonds is 3. The highest BCUT2D eigenvalue weighted by atomic mass is 32.2. The fourth-order valence-corrected chi connectivity index (χ4v) is 3.36. The normalized spacial score (nSPS) is 34.4. The van der Waals surface area contributed by atoms with E-state index in [0.29, 0.717) is 11.8 Å². The van der Waals surface area contributed by atoms with E-state index in [9.17, 15) is 4.79 Å². The Hall–Kier alpha value is -1.10. The smallest absolute Gasteiger partial charge is 0.229 e. The number of fused-ring (bicyclic) bond motifs is 1. The van der Waals surface area contributed by atoms with Gasteiger partial charge in [0.15, 0.2) is 0 Å². The summed E-state index contributed by atoms with van der Waals surface area (Å²) in [5.74, 6) is 1.13. The molecule has 2 N–H and O–H groups in total. The molecule has 4 nitrogen and oxygen atoms in total. The van der Waals surface area contributed by atoms with Gasteiger partial charge in [-0.05, 0) is 37.4 Å².